The van der Waals surface area contributed by atoms with Crippen LogP contribution in [0.1, 0.15) is 5.76 Å². The van der Waals surface area contributed by atoms with Gasteiger partial charge in [0.25, 0.3) is 10.0 Å². The van der Waals surface area contributed by atoms with Crippen molar-refractivity contribution in [2.45, 2.75) is 11.6 Å². The summed E-state index contributed by atoms with van der Waals surface area (Å²) in [5.41, 5.74) is 0.0787. The fraction of sp³-hybridized carbons (Fsp3) is 0.0909. The summed E-state index contributed by atoms with van der Waals surface area (Å²) in [4.78, 5) is 0. The Morgan fingerprint density at radius 3 is 2.53 bits per heavy atom. The lowest BCUT2D eigenvalue weighted by atomic mass is 10.3. The molecule has 0 aliphatic carbocycles. The van der Waals surface area contributed by atoms with Gasteiger partial charge in [-0.3, -0.25) is 0 Å². The van der Waals surface area contributed by atoms with Crippen LogP contribution in [-0.4, -0.2) is 8.42 Å². The molecule has 0 fully saturated rings. The summed E-state index contributed by atoms with van der Waals surface area (Å²) in [7, 11) is -3.90. The van der Waals surface area contributed by atoms with Gasteiger partial charge in [-0.15, -0.1) is 0 Å². The minimum Gasteiger partial charge on any atom is -0.446 e. The lowest BCUT2D eigenvalue weighted by Crippen LogP contribution is -2.10. The summed E-state index contributed by atoms with van der Waals surface area (Å²) in [6.45, 7) is 0.0398. The lowest BCUT2D eigenvalue weighted by Gasteiger charge is -2.05. The lowest BCUT2D eigenvalue weighted by molar-refractivity contribution is 0.419. The zero-order valence-corrected chi connectivity index (χ0v) is 10.4. The van der Waals surface area contributed by atoms with Gasteiger partial charge in [0.1, 0.15) is 17.4 Å². The van der Waals surface area contributed by atoms with Gasteiger partial charge >= 0.3 is 0 Å². The van der Waals surface area contributed by atoms with E-state index in [-0.39, 0.29) is 23.1 Å². The van der Waals surface area contributed by atoms with Crippen LogP contribution in [0, 0.1) is 11.6 Å². The molecule has 0 unspecified atom stereocenters. The molecule has 0 amide bonds. The Bertz CT molecular complexity index is 698. The van der Waals surface area contributed by atoms with E-state index in [0.29, 0.717) is 0 Å². The molecule has 102 valence electrons. The first-order valence-corrected chi connectivity index (χ1v) is 6.71. The van der Waals surface area contributed by atoms with E-state index < -0.39 is 21.7 Å². The quantitative estimate of drug-likeness (QED) is 0.898. The second-order valence-corrected chi connectivity index (χ2v) is 5.24. The first-order chi connectivity index (χ1) is 8.86. The van der Waals surface area contributed by atoms with Crippen molar-refractivity contribution in [2.75, 3.05) is 5.32 Å². The molecule has 0 saturated carbocycles. The van der Waals surface area contributed by atoms with E-state index in [4.69, 9.17) is 9.56 Å². The minimum absolute atomic E-state index is 0.0398. The molecular weight excluding hydrogens is 278 g/mol. The van der Waals surface area contributed by atoms with Crippen molar-refractivity contribution in [3.63, 3.8) is 0 Å². The van der Waals surface area contributed by atoms with Crippen LogP contribution in [0.4, 0.5) is 14.5 Å². The van der Waals surface area contributed by atoms with E-state index in [1.807, 2.05) is 0 Å². The highest BCUT2D eigenvalue weighted by Crippen LogP contribution is 2.17. The van der Waals surface area contributed by atoms with Gasteiger partial charge in [0.15, 0.2) is 0 Å². The van der Waals surface area contributed by atoms with E-state index in [9.17, 15) is 17.2 Å². The molecule has 2 aromatic rings. The standard InChI is InChI=1S/C11H10F2N2O3S/c12-7-1-3-10(9(13)5-7)15-6-8-2-4-11(18-8)19(14,16)17/h1-5,15H,6H2,(H2,14,16,17). The van der Waals surface area contributed by atoms with Crippen molar-refractivity contribution < 1.29 is 21.6 Å². The SMILES string of the molecule is NS(=O)(=O)c1ccc(CNc2ccc(F)cc2F)o1. The average molecular weight is 288 g/mol. The van der Waals surface area contributed by atoms with Crippen molar-refractivity contribution in [1.29, 1.82) is 0 Å². The predicted octanol–water partition coefficient (Wildman–Crippen LogP) is 1.82. The second kappa shape index (κ2) is 4.98. The van der Waals surface area contributed by atoms with Crippen LogP contribution in [0.25, 0.3) is 0 Å². The summed E-state index contributed by atoms with van der Waals surface area (Å²) in [5, 5.41) is 7.15. The number of hydrogen-bond acceptors (Lipinski definition) is 4. The van der Waals surface area contributed by atoms with Crippen molar-refractivity contribution >= 4 is 15.7 Å². The number of hydrogen-bond donors (Lipinski definition) is 2. The maximum absolute atomic E-state index is 13.3. The average Bonchev–Trinajstić information content (AvgIpc) is 2.76. The van der Waals surface area contributed by atoms with Crippen LogP contribution in [-0.2, 0) is 16.6 Å². The summed E-state index contributed by atoms with van der Waals surface area (Å²) in [6, 6.07) is 5.67. The molecule has 0 aliphatic heterocycles. The largest absolute Gasteiger partial charge is 0.446 e. The Labute approximate surface area is 108 Å². The van der Waals surface area contributed by atoms with E-state index >= 15 is 0 Å². The maximum atomic E-state index is 13.3. The molecule has 0 spiro atoms. The smallest absolute Gasteiger partial charge is 0.271 e. The number of halogens is 2. The fourth-order valence-electron chi connectivity index (χ4n) is 1.42. The zero-order chi connectivity index (χ0) is 14.0. The maximum Gasteiger partial charge on any atom is 0.271 e. The van der Waals surface area contributed by atoms with Crippen LogP contribution in [0.15, 0.2) is 39.8 Å². The highest BCUT2D eigenvalue weighted by Gasteiger charge is 2.13. The number of primary sulfonamides is 1. The van der Waals surface area contributed by atoms with E-state index in [1.54, 1.807) is 0 Å². The molecule has 0 saturated heterocycles. The Hall–Kier alpha value is -1.93. The fourth-order valence-corrected chi connectivity index (χ4v) is 1.90. The number of nitrogens with one attached hydrogen (secondary N) is 1. The summed E-state index contributed by atoms with van der Waals surface area (Å²) in [6.07, 6.45) is 0. The van der Waals surface area contributed by atoms with Crippen molar-refractivity contribution in [3.8, 4) is 0 Å². The van der Waals surface area contributed by atoms with Gasteiger partial charge in [0, 0.05) is 6.07 Å². The Morgan fingerprint density at radius 1 is 1.21 bits per heavy atom. The van der Waals surface area contributed by atoms with Gasteiger partial charge in [0.2, 0.25) is 5.09 Å². The zero-order valence-electron chi connectivity index (χ0n) is 9.56. The van der Waals surface area contributed by atoms with Gasteiger partial charge in [-0.1, -0.05) is 0 Å². The summed E-state index contributed by atoms with van der Waals surface area (Å²) in [5.74, 6) is -1.18. The van der Waals surface area contributed by atoms with Gasteiger partial charge < -0.3 is 9.73 Å². The molecule has 0 bridgehead atoms. The van der Waals surface area contributed by atoms with Crippen LogP contribution >= 0.6 is 0 Å². The van der Waals surface area contributed by atoms with Crippen LogP contribution in [0.3, 0.4) is 0 Å². The molecule has 1 heterocycles. The predicted molar refractivity (Wildman–Crippen MR) is 63.8 cm³/mol. The molecule has 3 N–H and O–H groups in total. The van der Waals surface area contributed by atoms with Gasteiger partial charge in [-0.25, -0.2) is 22.3 Å². The van der Waals surface area contributed by atoms with Gasteiger partial charge in [-0.05, 0) is 24.3 Å². The van der Waals surface area contributed by atoms with Crippen LogP contribution in [0.2, 0.25) is 0 Å². The third-order valence-electron chi connectivity index (χ3n) is 2.30. The first-order valence-electron chi connectivity index (χ1n) is 5.17. The molecule has 2 rings (SSSR count). The molecule has 0 radical (unpaired) electrons. The monoisotopic (exact) mass is 288 g/mol. The molecule has 5 nitrogen and oxygen atoms in total. The van der Waals surface area contributed by atoms with Gasteiger partial charge in [0.05, 0.1) is 12.2 Å². The number of furan rings is 1. The molecule has 1 aromatic carbocycles. The number of anilines is 1. The van der Waals surface area contributed by atoms with E-state index in [1.165, 1.54) is 18.2 Å². The van der Waals surface area contributed by atoms with Gasteiger partial charge in [-0.2, -0.15) is 0 Å². The molecule has 1 aromatic heterocycles. The Kier molecular flexibility index (Phi) is 3.54. The first kappa shape index (κ1) is 13.5. The highest BCUT2D eigenvalue weighted by molar-refractivity contribution is 7.89. The minimum atomic E-state index is -3.90. The van der Waals surface area contributed by atoms with Crippen molar-refractivity contribution in [2.24, 2.45) is 5.14 Å². The number of nitrogens with two attached hydrogens (primary N) is 1. The number of sulfonamides is 1. The molecule has 8 heteroatoms. The molecule has 0 atom stereocenters. The van der Waals surface area contributed by atoms with Crippen LogP contribution in [0.5, 0.6) is 0 Å². The topological polar surface area (TPSA) is 85.3 Å². The highest BCUT2D eigenvalue weighted by atomic mass is 32.2. The normalized spacial score (nSPS) is 11.5. The Morgan fingerprint density at radius 2 is 1.95 bits per heavy atom. The summed E-state index contributed by atoms with van der Waals surface area (Å²) >= 11 is 0. The number of rotatable bonds is 4. The van der Waals surface area contributed by atoms with Crippen molar-refractivity contribution in [1.82, 2.24) is 0 Å². The van der Waals surface area contributed by atoms with Crippen molar-refractivity contribution in [3.05, 3.63) is 47.7 Å². The third-order valence-corrected chi connectivity index (χ3v) is 3.08. The van der Waals surface area contributed by atoms with E-state index in [0.717, 1.165) is 12.1 Å². The third kappa shape index (κ3) is 3.30. The Balaban J connectivity index is 2.09. The van der Waals surface area contributed by atoms with E-state index in [2.05, 4.69) is 5.32 Å². The molecule has 0 aliphatic rings. The summed E-state index contributed by atoms with van der Waals surface area (Å²) < 4.78 is 52.9. The van der Waals surface area contributed by atoms with Crippen LogP contribution < -0.4 is 10.5 Å². The number of benzene rings is 1. The molecular formula is C11H10F2N2O3S. The molecule has 19 heavy (non-hydrogen) atoms. The second-order valence-electron chi connectivity index (χ2n) is 3.74.